The molecule has 0 saturated heterocycles. The molecular weight excluding hydrogens is 259 g/mol. The molecule has 3 aromatic rings. The second-order valence-electron chi connectivity index (χ2n) is 4.77. The van der Waals surface area contributed by atoms with Gasteiger partial charge in [0.2, 0.25) is 0 Å². The Kier molecular flexibility index (Phi) is 3.28. The minimum Gasteiger partial charge on any atom is -0.456 e. The highest BCUT2D eigenvalue weighted by molar-refractivity contribution is 5.78. The van der Waals surface area contributed by atoms with Gasteiger partial charge in [0, 0.05) is 18.9 Å². The lowest BCUT2D eigenvalue weighted by Gasteiger charge is -2.09. The first-order chi connectivity index (χ1) is 9.63. The lowest BCUT2D eigenvalue weighted by molar-refractivity contribution is 0.440. The number of aryl methyl sites for hydroxylation is 1. The lowest BCUT2D eigenvalue weighted by Crippen LogP contribution is -2.17. The van der Waals surface area contributed by atoms with Gasteiger partial charge < -0.3 is 14.2 Å². The van der Waals surface area contributed by atoms with Gasteiger partial charge in [-0.2, -0.15) is 0 Å². The molecule has 20 heavy (non-hydrogen) atoms. The Morgan fingerprint density at radius 1 is 1.40 bits per heavy atom. The van der Waals surface area contributed by atoms with Crippen LogP contribution in [0.3, 0.4) is 0 Å². The van der Waals surface area contributed by atoms with Crippen LogP contribution >= 0.6 is 0 Å². The lowest BCUT2D eigenvalue weighted by atomic mass is 10.2. The minimum absolute atomic E-state index is 0.0428. The van der Waals surface area contributed by atoms with Gasteiger partial charge in [-0.15, -0.1) is 0 Å². The number of fused-ring (bicyclic) bond motifs is 1. The summed E-state index contributed by atoms with van der Waals surface area (Å²) in [7, 11) is 0. The summed E-state index contributed by atoms with van der Waals surface area (Å²) in [5.74, 6) is 0.999. The van der Waals surface area contributed by atoms with Crippen LogP contribution < -0.4 is 5.32 Å². The molecule has 2 aromatic heterocycles. The summed E-state index contributed by atoms with van der Waals surface area (Å²) in [4.78, 5) is 4.21. The minimum atomic E-state index is -0.340. The Bertz CT molecular complexity index is 732. The fourth-order valence-corrected chi connectivity index (χ4v) is 2.11. The quantitative estimate of drug-likeness (QED) is 0.787. The van der Waals surface area contributed by atoms with Crippen LogP contribution in [0.2, 0.25) is 0 Å². The number of halogens is 1. The summed E-state index contributed by atoms with van der Waals surface area (Å²) in [6.07, 6.45) is 1.62. The van der Waals surface area contributed by atoms with Crippen molar-refractivity contribution in [2.75, 3.05) is 0 Å². The van der Waals surface area contributed by atoms with Crippen LogP contribution in [0.25, 0.3) is 11.0 Å². The van der Waals surface area contributed by atoms with Gasteiger partial charge in [0.25, 0.3) is 0 Å². The standard InChI is InChI=1S/C15H15FN2O2/c1-9(17-7-12-8-19-10(2)18-12)14-6-11-4-3-5-13(16)15(11)20-14/h3-6,8-9,17H,7H2,1-2H3. The largest absolute Gasteiger partial charge is 0.456 e. The smallest absolute Gasteiger partial charge is 0.191 e. The highest BCUT2D eigenvalue weighted by Gasteiger charge is 2.13. The number of aromatic nitrogens is 1. The molecule has 1 atom stereocenters. The van der Waals surface area contributed by atoms with Gasteiger partial charge in [-0.25, -0.2) is 9.37 Å². The van der Waals surface area contributed by atoms with Gasteiger partial charge in [0.05, 0.1) is 11.7 Å². The van der Waals surface area contributed by atoms with E-state index in [0.717, 1.165) is 11.1 Å². The summed E-state index contributed by atoms with van der Waals surface area (Å²) < 4.78 is 24.3. The summed E-state index contributed by atoms with van der Waals surface area (Å²) >= 11 is 0. The predicted molar refractivity (Wildman–Crippen MR) is 72.7 cm³/mol. The fraction of sp³-hybridized carbons (Fsp3) is 0.267. The third-order valence-electron chi connectivity index (χ3n) is 3.20. The number of rotatable bonds is 4. The Labute approximate surface area is 115 Å². The Hall–Kier alpha value is -2.14. The van der Waals surface area contributed by atoms with Gasteiger partial charge in [-0.1, -0.05) is 12.1 Å². The van der Waals surface area contributed by atoms with Crippen molar-refractivity contribution in [1.82, 2.24) is 10.3 Å². The molecule has 0 amide bonds. The zero-order valence-corrected chi connectivity index (χ0v) is 11.3. The van der Waals surface area contributed by atoms with Gasteiger partial charge in [0.15, 0.2) is 17.3 Å². The molecule has 1 N–H and O–H groups in total. The third-order valence-corrected chi connectivity index (χ3v) is 3.20. The third kappa shape index (κ3) is 2.44. The number of oxazole rings is 1. The van der Waals surface area contributed by atoms with Crippen molar-refractivity contribution in [3.8, 4) is 0 Å². The van der Waals surface area contributed by atoms with E-state index in [1.165, 1.54) is 6.07 Å². The maximum absolute atomic E-state index is 13.6. The molecule has 0 bridgehead atoms. The van der Waals surface area contributed by atoms with Crippen LogP contribution in [0, 0.1) is 12.7 Å². The molecule has 2 heterocycles. The van der Waals surface area contributed by atoms with E-state index in [1.807, 2.05) is 19.1 Å². The molecule has 0 aliphatic rings. The number of hydrogen-bond donors (Lipinski definition) is 1. The van der Waals surface area contributed by atoms with Gasteiger partial charge in [-0.05, 0) is 19.1 Å². The maximum atomic E-state index is 13.6. The van der Waals surface area contributed by atoms with Crippen molar-refractivity contribution >= 4 is 11.0 Å². The summed E-state index contributed by atoms with van der Waals surface area (Å²) in [6.45, 7) is 4.33. The molecule has 0 spiro atoms. The molecule has 1 aromatic carbocycles. The zero-order valence-electron chi connectivity index (χ0n) is 11.3. The maximum Gasteiger partial charge on any atom is 0.191 e. The zero-order chi connectivity index (χ0) is 14.1. The number of furan rings is 1. The van der Waals surface area contributed by atoms with E-state index in [9.17, 15) is 4.39 Å². The van der Waals surface area contributed by atoms with Crippen LogP contribution in [0.4, 0.5) is 4.39 Å². The van der Waals surface area contributed by atoms with Crippen molar-refractivity contribution < 1.29 is 13.2 Å². The normalized spacial score (nSPS) is 12.9. The summed E-state index contributed by atoms with van der Waals surface area (Å²) in [6, 6.07) is 6.71. The van der Waals surface area contributed by atoms with E-state index < -0.39 is 0 Å². The topological polar surface area (TPSA) is 51.2 Å². The second kappa shape index (κ2) is 5.09. The SMILES string of the molecule is Cc1nc(CNC(C)c2cc3cccc(F)c3o2)co1. The van der Waals surface area contributed by atoms with Crippen LogP contribution in [0.1, 0.15) is 30.3 Å². The Morgan fingerprint density at radius 2 is 2.25 bits per heavy atom. The first-order valence-corrected chi connectivity index (χ1v) is 6.46. The van der Waals surface area contributed by atoms with E-state index in [2.05, 4.69) is 10.3 Å². The Morgan fingerprint density at radius 3 is 2.95 bits per heavy atom. The predicted octanol–water partition coefficient (Wildman–Crippen LogP) is 3.72. The number of para-hydroxylation sites is 1. The molecule has 0 aliphatic carbocycles. The number of nitrogens with zero attached hydrogens (tertiary/aromatic N) is 1. The van der Waals surface area contributed by atoms with Gasteiger partial charge in [0.1, 0.15) is 12.0 Å². The first-order valence-electron chi connectivity index (χ1n) is 6.46. The van der Waals surface area contributed by atoms with Gasteiger partial charge >= 0.3 is 0 Å². The Balaban J connectivity index is 1.75. The van der Waals surface area contributed by atoms with Gasteiger partial charge in [-0.3, -0.25) is 0 Å². The van der Waals surface area contributed by atoms with E-state index in [4.69, 9.17) is 8.83 Å². The van der Waals surface area contributed by atoms with Crippen LogP contribution in [0.15, 0.2) is 39.4 Å². The first kappa shape index (κ1) is 12.9. The van der Waals surface area contributed by atoms with Crippen molar-refractivity contribution in [1.29, 1.82) is 0 Å². The highest BCUT2D eigenvalue weighted by Crippen LogP contribution is 2.25. The van der Waals surface area contributed by atoms with Crippen LogP contribution in [-0.2, 0) is 6.54 Å². The van der Waals surface area contributed by atoms with Crippen molar-refractivity contribution in [2.24, 2.45) is 0 Å². The van der Waals surface area contributed by atoms with Crippen molar-refractivity contribution in [3.05, 3.63) is 53.7 Å². The average Bonchev–Trinajstić information content (AvgIpc) is 3.03. The van der Waals surface area contributed by atoms with E-state index in [-0.39, 0.29) is 11.9 Å². The number of nitrogens with one attached hydrogen (secondary N) is 1. The average molecular weight is 274 g/mol. The van der Waals surface area contributed by atoms with Crippen molar-refractivity contribution in [3.63, 3.8) is 0 Å². The number of hydrogen-bond acceptors (Lipinski definition) is 4. The molecule has 0 saturated carbocycles. The van der Waals surface area contributed by atoms with E-state index in [1.54, 1.807) is 19.3 Å². The molecule has 104 valence electrons. The van der Waals surface area contributed by atoms with Crippen LogP contribution in [0.5, 0.6) is 0 Å². The molecule has 0 fully saturated rings. The highest BCUT2D eigenvalue weighted by atomic mass is 19.1. The van der Waals surface area contributed by atoms with Crippen molar-refractivity contribution in [2.45, 2.75) is 26.4 Å². The fourth-order valence-electron chi connectivity index (χ4n) is 2.11. The molecule has 0 radical (unpaired) electrons. The molecule has 5 heteroatoms. The van der Waals surface area contributed by atoms with E-state index in [0.29, 0.717) is 23.8 Å². The summed E-state index contributed by atoms with van der Waals surface area (Å²) in [5, 5.41) is 4.04. The second-order valence-corrected chi connectivity index (χ2v) is 4.77. The molecular formula is C15H15FN2O2. The molecule has 0 aliphatic heterocycles. The van der Waals surface area contributed by atoms with Crippen LogP contribution in [-0.4, -0.2) is 4.98 Å². The molecule has 4 nitrogen and oxygen atoms in total. The molecule has 3 rings (SSSR count). The molecule has 1 unspecified atom stereocenters. The summed E-state index contributed by atoms with van der Waals surface area (Å²) in [5.41, 5.74) is 1.13. The number of benzene rings is 1. The van der Waals surface area contributed by atoms with E-state index >= 15 is 0 Å². The monoisotopic (exact) mass is 274 g/mol.